The number of pyridine rings is 1. The van der Waals surface area contributed by atoms with Gasteiger partial charge in [0.05, 0.1) is 41.2 Å². The van der Waals surface area contributed by atoms with E-state index in [2.05, 4.69) is 20.3 Å². The van der Waals surface area contributed by atoms with Crippen LogP contribution < -0.4 is 14.8 Å². The summed E-state index contributed by atoms with van der Waals surface area (Å²) in [5, 5.41) is 22.7. The number of nitrogens with one attached hydrogen (secondary N) is 1. The fourth-order valence-corrected chi connectivity index (χ4v) is 4.93. The van der Waals surface area contributed by atoms with Gasteiger partial charge in [-0.1, -0.05) is 6.42 Å². The highest BCUT2D eigenvalue weighted by Gasteiger charge is 2.27. The molecule has 0 saturated heterocycles. The lowest BCUT2D eigenvalue weighted by Crippen LogP contribution is -2.38. The second kappa shape index (κ2) is 16.5. The molecule has 2 atom stereocenters. The number of carbonyl (C=O) groups excluding carboxylic acids is 2. The highest BCUT2D eigenvalue weighted by atomic mass is 19.1. The molecule has 0 spiro atoms. The monoisotopic (exact) mass is 690 g/mol. The van der Waals surface area contributed by atoms with Crippen molar-refractivity contribution in [2.75, 3.05) is 13.2 Å². The number of hydrogen-bond donors (Lipinski definition) is 1. The minimum Gasteiger partial charge on any atom is -0.475 e. The molecule has 2 amide bonds. The molecule has 4 aromatic rings. The lowest BCUT2D eigenvalue weighted by molar-refractivity contribution is -0.384. The first-order chi connectivity index (χ1) is 23.8. The van der Waals surface area contributed by atoms with Crippen LogP contribution in [0.25, 0.3) is 16.9 Å². The molecule has 0 aliphatic carbocycles. The van der Waals surface area contributed by atoms with Gasteiger partial charge in [-0.25, -0.2) is 23.9 Å². The molecule has 0 aliphatic heterocycles. The van der Waals surface area contributed by atoms with Crippen LogP contribution in [-0.2, 0) is 4.74 Å². The largest absolute Gasteiger partial charge is 0.475 e. The van der Waals surface area contributed by atoms with Crippen molar-refractivity contribution in [3.8, 4) is 29.0 Å². The van der Waals surface area contributed by atoms with Crippen LogP contribution in [0.2, 0.25) is 0 Å². The summed E-state index contributed by atoms with van der Waals surface area (Å²) in [7, 11) is 0. The molecule has 0 radical (unpaired) electrons. The van der Waals surface area contributed by atoms with Gasteiger partial charge in [0.15, 0.2) is 5.82 Å². The Kier molecular flexibility index (Phi) is 12.2. The van der Waals surface area contributed by atoms with E-state index in [1.807, 2.05) is 13.0 Å². The number of aromatic nitrogens is 4. The van der Waals surface area contributed by atoms with Crippen molar-refractivity contribution < 1.29 is 33.1 Å². The Balaban J connectivity index is 1.34. The number of imidazole rings is 1. The van der Waals surface area contributed by atoms with Gasteiger partial charge in [-0.3, -0.25) is 15.1 Å². The lowest BCUT2D eigenvalue weighted by atomic mass is 10.1. The first-order valence-electron chi connectivity index (χ1n) is 16.0. The van der Waals surface area contributed by atoms with Crippen molar-refractivity contribution in [1.29, 1.82) is 5.26 Å². The fourth-order valence-electron chi connectivity index (χ4n) is 4.93. The van der Waals surface area contributed by atoms with E-state index in [4.69, 9.17) is 14.2 Å². The SMILES string of the molecule is CCN(C(=O)OC(C)(C)C)[C@H](C)c1cc(-c2cn3ccnc3c(OCCCCCC(C#N)NC(=O)Oc3ccc([N+](=O)[O-])cc3)n2)c(F)cn1. The minimum absolute atomic E-state index is 0.106. The van der Waals surface area contributed by atoms with E-state index in [0.717, 1.165) is 6.20 Å². The summed E-state index contributed by atoms with van der Waals surface area (Å²) in [6.07, 6.45) is 6.85. The summed E-state index contributed by atoms with van der Waals surface area (Å²) in [4.78, 5) is 49.9. The van der Waals surface area contributed by atoms with Crippen molar-refractivity contribution in [2.45, 2.75) is 78.0 Å². The van der Waals surface area contributed by atoms with E-state index in [9.17, 15) is 25.0 Å². The molecular weight excluding hydrogens is 651 g/mol. The maximum atomic E-state index is 15.2. The normalized spacial score (nSPS) is 12.4. The number of halogens is 1. The number of rotatable bonds is 14. The second-order valence-corrected chi connectivity index (χ2v) is 12.3. The number of carbonyl (C=O) groups is 2. The number of nitro groups is 1. The number of nitriles is 1. The minimum atomic E-state index is -0.846. The van der Waals surface area contributed by atoms with Crippen LogP contribution in [0.4, 0.5) is 19.7 Å². The van der Waals surface area contributed by atoms with Gasteiger partial charge in [-0.15, -0.1) is 0 Å². The van der Waals surface area contributed by atoms with Crippen LogP contribution in [0.5, 0.6) is 11.6 Å². The smallest absolute Gasteiger partial charge is 0.413 e. The molecule has 1 unspecified atom stereocenters. The Bertz CT molecular complexity index is 1850. The summed E-state index contributed by atoms with van der Waals surface area (Å²) < 4.78 is 33.5. The van der Waals surface area contributed by atoms with Crippen molar-refractivity contribution in [2.24, 2.45) is 0 Å². The molecule has 1 aromatic carbocycles. The van der Waals surface area contributed by atoms with Gasteiger partial charge in [0.25, 0.3) is 11.6 Å². The standard InChI is InChI=1S/C34H39FN8O7/c1-6-42(33(45)50-34(3,4)5)22(2)28-18-26(27(35)20-38-28)29-21-41-16-15-37-30(41)31(40-29)48-17-9-7-8-10-23(19-36)39-32(44)49-25-13-11-24(12-14-25)43(46)47/h11-16,18,20-23H,6-10,17H2,1-5H3,(H,39,44)/t22-,23?/m1/s1. The molecule has 0 saturated carbocycles. The zero-order chi connectivity index (χ0) is 36.4. The number of hydrogen-bond acceptors (Lipinski definition) is 11. The predicted octanol–water partition coefficient (Wildman–Crippen LogP) is 6.78. The molecule has 264 valence electrons. The van der Waals surface area contributed by atoms with E-state index >= 15 is 4.39 Å². The second-order valence-electron chi connectivity index (χ2n) is 12.3. The van der Waals surface area contributed by atoms with E-state index in [1.165, 1.54) is 29.2 Å². The van der Waals surface area contributed by atoms with Crippen LogP contribution in [0.3, 0.4) is 0 Å². The maximum Gasteiger partial charge on any atom is 0.413 e. The fraction of sp³-hybridized carbons (Fsp3) is 0.412. The number of nitro benzene ring substituents is 1. The molecule has 50 heavy (non-hydrogen) atoms. The molecule has 4 rings (SSSR count). The zero-order valence-corrected chi connectivity index (χ0v) is 28.5. The van der Waals surface area contributed by atoms with Crippen LogP contribution in [0.15, 0.2) is 55.1 Å². The van der Waals surface area contributed by atoms with Gasteiger partial charge < -0.3 is 28.8 Å². The summed E-state index contributed by atoms with van der Waals surface area (Å²) >= 11 is 0. The molecule has 0 fully saturated rings. The van der Waals surface area contributed by atoms with Crippen LogP contribution in [-0.4, -0.2) is 66.2 Å². The molecule has 0 aliphatic rings. The Morgan fingerprint density at radius 2 is 1.92 bits per heavy atom. The van der Waals surface area contributed by atoms with E-state index in [0.29, 0.717) is 43.6 Å². The first-order valence-corrected chi connectivity index (χ1v) is 16.0. The van der Waals surface area contributed by atoms with Crippen LogP contribution in [0, 0.1) is 27.3 Å². The molecule has 15 nitrogen and oxygen atoms in total. The van der Waals surface area contributed by atoms with E-state index in [1.54, 1.807) is 56.8 Å². The Morgan fingerprint density at radius 3 is 2.58 bits per heavy atom. The average molecular weight is 691 g/mol. The van der Waals surface area contributed by atoms with Crippen molar-refractivity contribution >= 4 is 23.5 Å². The molecule has 0 bridgehead atoms. The molecule has 16 heteroatoms. The summed E-state index contributed by atoms with van der Waals surface area (Å²) in [6.45, 7) is 9.58. The highest BCUT2D eigenvalue weighted by Crippen LogP contribution is 2.29. The number of amides is 2. The predicted molar refractivity (Wildman–Crippen MR) is 179 cm³/mol. The summed E-state index contributed by atoms with van der Waals surface area (Å²) in [6, 6.07) is 7.27. The molecular formula is C34H39FN8O7. The molecule has 1 N–H and O–H groups in total. The number of benzene rings is 1. The number of ether oxygens (including phenoxy) is 3. The van der Waals surface area contributed by atoms with Gasteiger partial charge in [-0.2, -0.15) is 5.26 Å². The third kappa shape index (κ3) is 9.84. The van der Waals surface area contributed by atoms with E-state index in [-0.39, 0.29) is 35.2 Å². The molecule has 3 heterocycles. The van der Waals surface area contributed by atoms with Crippen molar-refractivity contribution in [3.05, 3.63) is 76.7 Å². The van der Waals surface area contributed by atoms with Crippen molar-refractivity contribution in [1.82, 2.24) is 29.6 Å². The van der Waals surface area contributed by atoms with Gasteiger partial charge in [-0.05, 0) is 72.1 Å². The summed E-state index contributed by atoms with van der Waals surface area (Å²) in [5.41, 5.74) is 0.524. The molecule has 3 aromatic heterocycles. The number of unbranched alkanes of at least 4 members (excludes halogenated alkanes) is 2. The van der Waals surface area contributed by atoms with Gasteiger partial charge in [0.1, 0.15) is 17.4 Å². The Morgan fingerprint density at radius 1 is 1.18 bits per heavy atom. The van der Waals surface area contributed by atoms with Crippen molar-refractivity contribution in [3.63, 3.8) is 0 Å². The number of fused-ring (bicyclic) bond motifs is 1. The van der Waals surface area contributed by atoms with Crippen LogP contribution >= 0.6 is 0 Å². The van der Waals surface area contributed by atoms with Gasteiger partial charge >= 0.3 is 12.2 Å². The first kappa shape index (κ1) is 37.0. The quantitative estimate of drug-likeness (QED) is 0.0835. The van der Waals surface area contributed by atoms with Gasteiger partial charge in [0.2, 0.25) is 5.65 Å². The number of nitrogens with zero attached hydrogens (tertiary/aromatic N) is 7. The Hall–Kier alpha value is -5.85. The van der Waals surface area contributed by atoms with E-state index < -0.39 is 40.6 Å². The third-order valence-corrected chi connectivity index (χ3v) is 7.44. The lowest BCUT2D eigenvalue weighted by Gasteiger charge is -2.30. The average Bonchev–Trinajstić information content (AvgIpc) is 3.54. The highest BCUT2D eigenvalue weighted by molar-refractivity contribution is 5.71. The topological polar surface area (TPSA) is 187 Å². The maximum absolute atomic E-state index is 15.2. The Labute approximate surface area is 288 Å². The zero-order valence-electron chi connectivity index (χ0n) is 28.5. The summed E-state index contributed by atoms with van der Waals surface area (Å²) in [5.74, 6) is -0.293. The third-order valence-electron chi connectivity index (χ3n) is 7.44. The van der Waals surface area contributed by atoms with Crippen LogP contribution in [0.1, 0.15) is 72.0 Å². The number of non-ortho nitro benzene ring substituents is 1. The van der Waals surface area contributed by atoms with Gasteiger partial charge in [0, 0.05) is 42.8 Å².